The fraction of sp³-hybridized carbons (Fsp3) is 0.0571. The van der Waals surface area contributed by atoms with Crippen molar-refractivity contribution in [1.82, 2.24) is 9.78 Å². The Hall–Kier alpha value is -4.52. The summed E-state index contributed by atoms with van der Waals surface area (Å²) < 4.78 is 36.2. The lowest BCUT2D eigenvalue weighted by Gasteiger charge is -2.26. The van der Waals surface area contributed by atoms with Crippen molar-refractivity contribution in [2.24, 2.45) is 0 Å². The van der Waals surface area contributed by atoms with Crippen LogP contribution in [0.3, 0.4) is 0 Å². The van der Waals surface area contributed by atoms with Gasteiger partial charge in [-0.05, 0) is 66.2 Å². The third-order valence-corrected chi connectivity index (χ3v) is 11.6. The zero-order valence-electron chi connectivity index (χ0n) is 23.5. The molecule has 0 amide bonds. The minimum atomic E-state index is -2.93. The maximum absolute atomic E-state index is 15.5. The topological polar surface area (TPSA) is 61.2 Å². The van der Waals surface area contributed by atoms with Crippen molar-refractivity contribution in [3.63, 3.8) is 0 Å². The molecule has 0 saturated heterocycles. The molecule has 1 aromatic heterocycles. The van der Waals surface area contributed by atoms with E-state index in [1.165, 1.54) is 42.1 Å². The minimum Gasteiger partial charge on any atom is -1.00 e. The molecule has 0 fully saturated rings. The Morgan fingerprint density at radius 3 is 1.82 bits per heavy atom. The molecule has 0 aliphatic carbocycles. The number of carbonyl (C=O) groups is 1. The van der Waals surface area contributed by atoms with Gasteiger partial charge in [0.25, 0.3) is 10.9 Å². The first kappa shape index (κ1) is 30.9. The van der Waals surface area contributed by atoms with Crippen molar-refractivity contribution in [3.05, 3.63) is 160 Å². The van der Waals surface area contributed by atoms with Gasteiger partial charge in [0.15, 0.2) is 7.26 Å². The van der Waals surface area contributed by atoms with Crippen molar-refractivity contribution in [2.45, 2.75) is 6.54 Å². The SMILES string of the molecule is COC(=O)c1cc(Cn2nc([P+](c3ccccc3)(c3ccccc3)c3ccccc3)c(=O)c3cccc(F)c32)ccc1F.[Br-]. The number of carbonyl (C=O) groups excluding carboxylic acids is 1. The lowest BCUT2D eigenvalue weighted by Crippen LogP contribution is -3.00. The van der Waals surface area contributed by atoms with Gasteiger partial charge in [-0.3, -0.25) is 9.48 Å². The highest BCUT2D eigenvalue weighted by molar-refractivity contribution is 8.01. The third-order valence-electron chi connectivity index (χ3n) is 7.42. The summed E-state index contributed by atoms with van der Waals surface area (Å²) in [6.07, 6.45) is 0. The first-order valence-corrected chi connectivity index (χ1v) is 15.4. The fourth-order valence-corrected chi connectivity index (χ4v) is 9.66. The second kappa shape index (κ2) is 13.0. The summed E-state index contributed by atoms with van der Waals surface area (Å²) in [5.41, 5.74) is 0.171. The zero-order valence-corrected chi connectivity index (χ0v) is 26.0. The van der Waals surface area contributed by atoms with Gasteiger partial charge >= 0.3 is 5.97 Å². The Morgan fingerprint density at radius 1 is 0.750 bits per heavy atom. The van der Waals surface area contributed by atoms with Crippen LogP contribution < -0.4 is 43.8 Å². The Balaban J connectivity index is 0.00000384. The van der Waals surface area contributed by atoms with Gasteiger partial charge in [0.05, 0.1) is 24.6 Å². The molecule has 0 saturated carbocycles. The second-order valence-electron chi connectivity index (χ2n) is 9.93. The average molecular weight is 671 g/mol. The molecule has 9 heteroatoms. The number of rotatable bonds is 7. The highest BCUT2D eigenvalue weighted by Gasteiger charge is 2.52. The van der Waals surface area contributed by atoms with E-state index in [9.17, 15) is 14.0 Å². The molecule has 44 heavy (non-hydrogen) atoms. The number of halogens is 3. The number of methoxy groups -OCH3 is 1. The zero-order chi connectivity index (χ0) is 30.0. The smallest absolute Gasteiger partial charge is 0.340 e. The maximum atomic E-state index is 15.5. The number of fused-ring (bicyclic) bond motifs is 1. The molecule has 6 aromatic rings. The third kappa shape index (κ3) is 5.36. The Morgan fingerprint density at radius 2 is 1.30 bits per heavy atom. The Bertz CT molecular complexity index is 1910. The first-order chi connectivity index (χ1) is 20.9. The number of nitrogens with zero attached hydrogens (tertiary/aromatic N) is 2. The normalized spacial score (nSPS) is 11.2. The van der Waals surface area contributed by atoms with E-state index < -0.39 is 24.9 Å². The summed E-state index contributed by atoms with van der Waals surface area (Å²) >= 11 is 0. The first-order valence-electron chi connectivity index (χ1n) is 13.6. The lowest BCUT2D eigenvalue weighted by atomic mass is 10.1. The van der Waals surface area contributed by atoms with E-state index in [2.05, 4.69) is 0 Å². The number of aromatic nitrogens is 2. The van der Waals surface area contributed by atoms with Crippen LogP contribution in [0.25, 0.3) is 10.9 Å². The van der Waals surface area contributed by atoms with Crippen LogP contribution in [-0.2, 0) is 11.3 Å². The minimum absolute atomic E-state index is 0. The van der Waals surface area contributed by atoms with Gasteiger partial charge in [-0.25, -0.2) is 13.6 Å². The molecule has 0 bridgehead atoms. The van der Waals surface area contributed by atoms with Crippen molar-refractivity contribution in [2.75, 3.05) is 7.11 Å². The fourth-order valence-electron chi connectivity index (χ4n) is 5.50. The van der Waals surface area contributed by atoms with Crippen LogP contribution in [0.4, 0.5) is 8.78 Å². The van der Waals surface area contributed by atoms with E-state index in [0.29, 0.717) is 5.56 Å². The van der Waals surface area contributed by atoms with Crippen LogP contribution >= 0.6 is 7.26 Å². The maximum Gasteiger partial charge on any atom is 0.340 e. The Labute approximate surface area is 263 Å². The molecule has 6 rings (SSSR count). The molecule has 0 N–H and O–H groups in total. The molecule has 0 atom stereocenters. The van der Waals surface area contributed by atoms with E-state index in [1.807, 2.05) is 91.0 Å². The van der Waals surface area contributed by atoms with Crippen LogP contribution in [0, 0.1) is 11.6 Å². The summed E-state index contributed by atoms with van der Waals surface area (Å²) in [7, 11) is -1.76. The molecular weight excluding hydrogens is 645 g/mol. The number of hydrogen-bond donors (Lipinski definition) is 0. The van der Waals surface area contributed by atoms with Crippen molar-refractivity contribution >= 4 is 45.5 Å². The number of benzene rings is 5. The molecule has 0 aliphatic heterocycles. The summed E-state index contributed by atoms with van der Waals surface area (Å²) in [6, 6.07) is 37.8. The summed E-state index contributed by atoms with van der Waals surface area (Å²) in [4.78, 5) is 26.8. The van der Waals surface area contributed by atoms with E-state index in [1.54, 1.807) is 6.07 Å². The molecule has 0 unspecified atom stereocenters. The van der Waals surface area contributed by atoms with Gasteiger partial charge < -0.3 is 21.7 Å². The van der Waals surface area contributed by atoms with Gasteiger partial charge in [0, 0.05) is 0 Å². The van der Waals surface area contributed by atoms with Crippen LogP contribution in [-0.4, -0.2) is 22.9 Å². The second-order valence-corrected chi connectivity index (χ2v) is 13.2. The quantitative estimate of drug-likeness (QED) is 0.193. The lowest BCUT2D eigenvalue weighted by molar-refractivity contribution is -0.0000246. The Kier molecular flexibility index (Phi) is 9.14. The number of hydrogen-bond acceptors (Lipinski definition) is 4. The van der Waals surface area contributed by atoms with Crippen LogP contribution in [0.1, 0.15) is 15.9 Å². The molecule has 5 nitrogen and oxygen atoms in total. The molecule has 0 radical (unpaired) electrons. The number of esters is 1. The van der Waals surface area contributed by atoms with E-state index in [4.69, 9.17) is 9.84 Å². The number of para-hydroxylation sites is 1. The van der Waals surface area contributed by atoms with Gasteiger partial charge in [0.1, 0.15) is 33.1 Å². The summed E-state index contributed by atoms with van der Waals surface area (Å²) in [5, 5.41) is 7.89. The molecule has 1 heterocycles. The van der Waals surface area contributed by atoms with Crippen molar-refractivity contribution in [3.8, 4) is 0 Å². The van der Waals surface area contributed by atoms with Crippen LogP contribution in [0.15, 0.2) is 132 Å². The summed E-state index contributed by atoms with van der Waals surface area (Å²) in [5.74, 6) is -2.18. The van der Waals surface area contributed by atoms with Crippen LogP contribution in [0.2, 0.25) is 0 Å². The predicted molar refractivity (Wildman–Crippen MR) is 168 cm³/mol. The standard InChI is InChI=1S/C35H26F2N2O3P.BrH/c1-42-35(41)29-22-24(20-21-30(29)36)23-39-32-28(18-11-19-31(32)37)33(40)34(38-39)43(25-12-5-2-6-13-25,26-14-7-3-8-15-26)27-16-9-4-10-17-27;/h2-22H,23H2,1H3;1H/q+1;/p-1. The largest absolute Gasteiger partial charge is 1.00 e. The highest BCUT2D eigenvalue weighted by atomic mass is 79.9. The highest BCUT2D eigenvalue weighted by Crippen LogP contribution is 2.53. The molecule has 220 valence electrons. The molecule has 5 aromatic carbocycles. The monoisotopic (exact) mass is 670 g/mol. The van der Waals surface area contributed by atoms with Crippen molar-refractivity contribution < 1.29 is 35.3 Å². The van der Waals surface area contributed by atoms with Crippen molar-refractivity contribution in [1.29, 1.82) is 0 Å². The van der Waals surface area contributed by atoms with E-state index in [0.717, 1.165) is 15.9 Å². The number of ether oxygens (including phenoxy) is 1. The van der Waals surface area contributed by atoms with Gasteiger partial charge in [-0.1, -0.05) is 66.7 Å². The van der Waals surface area contributed by atoms with E-state index in [-0.39, 0.29) is 50.9 Å². The van der Waals surface area contributed by atoms with Gasteiger partial charge in [-0.2, -0.15) is 0 Å². The van der Waals surface area contributed by atoms with Crippen LogP contribution in [0.5, 0.6) is 0 Å². The molecule has 0 spiro atoms. The molecule has 0 aliphatic rings. The van der Waals surface area contributed by atoms with E-state index >= 15 is 4.39 Å². The average Bonchev–Trinajstić information content (AvgIpc) is 3.05. The molecular formula is C35H26BrF2N2O3P. The summed E-state index contributed by atoms with van der Waals surface area (Å²) in [6.45, 7) is -0.0344. The van der Waals surface area contributed by atoms with Gasteiger partial charge in [-0.15, -0.1) is 5.10 Å². The predicted octanol–water partition coefficient (Wildman–Crippen LogP) is 2.13. The van der Waals surface area contributed by atoms with Gasteiger partial charge in [0.2, 0.25) is 0 Å².